The number of rotatable bonds is 3. The fourth-order valence-electron chi connectivity index (χ4n) is 4.38. The molecule has 35 heavy (non-hydrogen) atoms. The second kappa shape index (κ2) is 8.47. The van der Waals surface area contributed by atoms with Gasteiger partial charge >= 0.3 is 5.91 Å². The number of benzene rings is 3. The van der Waals surface area contributed by atoms with Crippen LogP contribution in [-0.4, -0.2) is 21.8 Å². The Labute approximate surface area is 208 Å². The van der Waals surface area contributed by atoms with E-state index < -0.39 is 17.7 Å². The summed E-state index contributed by atoms with van der Waals surface area (Å²) in [5, 5.41) is 11.7. The van der Waals surface area contributed by atoms with Crippen LogP contribution in [0.3, 0.4) is 0 Å². The Hall–Kier alpha value is -3.77. The lowest BCUT2D eigenvalue weighted by Gasteiger charge is -2.24. The maximum absolute atomic E-state index is 13.4. The highest BCUT2D eigenvalue weighted by molar-refractivity contribution is 7.22. The molecule has 0 unspecified atom stereocenters. The molecule has 4 aromatic rings. The SMILES string of the molecule is Cc1ccc2nc(N3C(=O)C(=O)/C(=C(/O)c4ccccc4)[C@H]3c3ccc(C(C)(C)C)cc3)sc2c1. The number of ketones is 1. The van der Waals surface area contributed by atoms with Crippen molar-refractivity contribution in [2.24, 2.45) is 0 Å². The standard InChI is InChI=1S/C29H26N2O3S/c1-17-10-15-21-22(16-17)35-28(30-21)31-24(18-11-13-20(14-12-18)29(2,3)4)23(26(33)27(31)34)25(32)19-8-6-5-7-9-19/h5-16,24,32H,1-4H3/b25-23+/t24-/m1/s1. The maximum atomic E-state index is 13.4. The van der Waals surface area contributed by atoms with Gasteiger partial charge in [0.2, 0.25) is 0 Å². The van der Waals surface area contributed by atoms with Gasteiger partial charge in [0.1, 0.15) is 5.76 Å². The molecule has 6 heteroatoms. The molecule has 0 saturated carbocycles. The Morgan fingerprint density at radius 2 is 1.66 bits per heavy atom. The summed E-state index contributed by atoms with van der Waals surface area (Å²) in [6, 6.07) is 21.9. The van der Waals surface area contributed by atoms with E-state index in [1.54, 1.807) is 24.3 Å². The zero-order chi connectivity index (χ0) is 24.9. The second-order valence-corrected chi connectivity index (χ2v) is 10.9. The van der Waals surface area contributed by atoms with Crippen molar-refractivity contribution in [1.82, 2.24) is 4.98 Å². The lowest BCUT2D eigenvalue weighted by Crippen LogP contribution is -2.29. The predicted octanol–water partition coefficient (Wildman–Crippen LogP) is 6.53. The molecular weight excluding hydrogens is 456 g/mol. The number of nitrogens with zero attached hydrogens (tertiary/aromatic N) is 2. The third-order valence-electron chi connectivity index (χ3n) is 6.32. The summed E-state index contributed by atoms with van der Waals surface area (Å²) >= 11 is 1.37. The van der Waals surface area contributed by atoms with Crippen molar-refractivity contribution in [3.8, 4) is 0 Å². The number of fused-ring (bicyclic) bond motifs is 1. The average Bonchev–Trinajstić information content (AvgIpc) is 3.36. The van der Waals surface area contributed by atoms with Gasteiger partial charge in [-0.05, 0) is 41.2 Å². The van der Waals surface area contributed by atoms with Crippen LogP contribution in [0.2, 0.25) is 0 Å². The highest BCUT2D eigenvalue weighted by Crippen LogP contribution is 2.44. The van der Waals surface area contributed by atoms with Crippen LogP contribution < -0.4 is 4.90 Å². The van der Waals surface area contributed by atoms with Crippen LogP contribution in [0.25, 0.3) is 16.0 Å². The maximum Gasteiger partial charge on any atom is 0.301 e. The van der Waals surface area contributed by atoms with E-state index in [0.717, 1.165) is 26.9 Å². The van der Waals surface area contributed by atoms with E-state index in [-0.39, 0.29) is 16.7 Å². The zero-order valence-electron chi connectivity index (χ0n) is 20.1. The van der Waals surface area contributed by atoms with E-state index in [9.17, 15) is 14.7 Å². The fraction of sp³-hybridized carbons (Fsp3) is 0.207. The van der Waals surface area contributed by atoms with Crippen LogP contribution in [0.15, 0.2) is 78.4 Å². The quantitative estimate of drug-likeness (QED) is 0.205. The Kier molecular flexibility index (Phi) is 5.56. The number of aliphatic hydroxyl groups is 1. The molecule has 1 aromatic heterocycles. The molecule has 0 radical (unpaired) electrons. The van der Waals surface area contributed by atoms with E-state index in [0.29, 0.717) is 10.7 Å². The van der Waals surface area contributed by atoms with Crippen LogP contribution in [0.1, 0.15) is 49.1 Å². The highest BCUT2D eigenvalue weighted by atomic mass is 32.1. The fourth-order valence-corrected chi connectivity index (χ4v) is 5.48. The van der Waals surface area contributed by atoms with Crippen molar-refractivity contribution in [3.63, 3.8) is 0 Å². The molecule has 1 atom stereocenters. The zero-order valence-corrected chi connectivity index (χ0v) is 20.9. The van der Waals surface area contributed by atoms with Gasteiger partial charge in [0, 0.05) is 5.56 Å². The van der Waals surface area contributed by atoms with Gasteiger partial charge in [-0.25, -0.2) is 4.98 Å². The van der Waals surface area contributed by atoms with E-state index in [4.69, 9.17) is 0 Å². The largest absolute Gasteiger partial charge is 0.507 e. The number of hydrogen-bond donors (Lipinski definition) is 1. The Bertz CT molecular complexity index is 1480. The highest BCUT2D eigenvalue weighted by Gasteiger charge is 2.48. The number of aromatic nitrogens is 1. The van der Waals surface area contributed by atoms with E-state index in [1.807, 2.05) is 55.5 Å². The normalized spacial score (nSPS) is 17.9. The summed E-state index contributed by atoms with van der Waals surface area (Å²) in [6.07, 6.45) is 0. The molecule has 1 saturated heterocycles. The smallest absolute Gasteiger partial charge is 0.301 e. The number of aliphatic hydroxyl groups excluding tert-OH is 1. The number of hydrogen-bond acceptors (Lipinski definition) is 5. The van der Waals surface area contributed by atoms with Gasteiger partial charge in [0.25, 0.3) is 5.78 Å². The first-order valence-electron chi connectivity index (χ1n) is 11.5. The molecule has 5 rings (SSSR count). The molecule has 176 valence electrons. The number of amides is 1. The molecule has 1 aliphatic heterocycles. The number of anilines is 1. The van der Waals surface area contributed by atoms with Crippen molar-refractivity contribution in [2.45, 2.75) is 39.2 Å². The summed E-state index contributed by atoms with van der Waals surface area (Å²) in [7, 11) is 0. The molecule has 5 nitrogen and oxygen atoms in total. The van der Waals surface area contributed by atoms with Gasteiger partial charge in [-0.2, -0.15) is 0 Å². The van der Waals surface area contributed by atoms with Crippen molar-refractivity contribution in [3.05, 3.63) is 101 Å². The molecule has 2 heterocycles. The number of Topliss-reactive ketones (excluding diaryl/α,β-unsaturated/α-hetero) is 1. The van der Waals surface area contributed by atoms with Crippen LogP contribution >= 0.6 is 11.3 Å². The third-order valence-corrected chi connectivity index (χ3v) is 7.34. The Morgan fingerprint density at radius 3 is 2.31 bits per heavy atom. The molecule has 1 amide bonds. The number of thiazole rings is 1. The third kappa shape index (κ3) is 4.04. The Morgan fingerprint density at radius 1 is 0.971 bits per heavy atom. The summed E-state index contributed by atoms with van der Waals surface area (Å²) in [5.41, 5.74) is 4.24. The van der Waals surface area contributed by atoms with Crippen molar-refractivity contribution in [2.75, 3.05) is 4.90 Å². The van der Waals surface area contributed by atoms with E-state index in [1.165, 1.54) is 16.2 Å². The van der Waals surface area contributed by atoms with Gasteiger partial charge in [-0.15, -0.1) is 0 Å². The Balaban J connectivity index is 1.72. The van der Waals surface area contributed by atoms with Gasteiger partial charge in [-0.1, -0.05) is 92.8 Å². The van der Waals surface area contributed by atoms with Crippen molar-refractivity contribution in [1.29, 1.82) is 0 Å². The van der Waals surface area contributed by atoms with Gasteiger partial charge in [0.05, 0.1) is 21.8 Å². The summed E-state index contributed by atoms with van der Waals surface area (Å²) in [5.74, 6) is -1.59. The average molecular weight is 483 g/mol. The van der Waals surface area contributed by atoms with E-state index >= 15 is 0 Å². The first-order chi connectivity index (χ1) is 16.6. The van der Waals surface area contributed by atoms with Crippen LogP contribution in [0.4, 0.5) is 5.13 Å². The molecule has 0 bridgehead atoms. The summed E-state index contributed by atoms with van der Waals surface area (Å²) in [4.78, 5) is 32.9. The minimum atomic E-state index is -0.786. The number of carbonyl (C=O) groups is 2. The molecule has 3 aromatic carbocycles. The predicted molar refractivity (Wildman–Crippen MR) is 141 cm³/mol. The number of carbonyl (C=O) groups excluding carboxylic acids is 2. The topological polar surface area (TPSA) is 70.5 Å². The minimum absolute atomic E-state index is 0.0464. The molecule has 1 N–H and O–H groups in total. The molecule has 0 spiro atoms. The van der Waals surface area contributed by atoms with Crippen molar-refractivity contribution < 1.29 is 14.7 Å². The monoisotopic (exact) mass is 482 g/mol. The molecule has 1 aliphatic rings. The molecule has 1 fully saturated rings. The first kappa shape index (κ1) is 23.0. The number of aryl methyl sites for hydroxylation is 1. The van der Waals surface area contributed by atoms with Gasteiger partial charge in [0.15, 0.2) is 5.13 Å². The van der Waals surface area contributed by atoms with Crippen molar-refractivity contribution >= 4 is 44.1 Å². The lowest BCUT2D eigenvalue weighted by atomic mass is 9.85. The lowest BCUT2D eigenvalue weighted by molar-refractivity contribution is -0.132. The first-order valence-corrected chi connectivity index (χ1v) is 12.3. The van der Waals surface area contributed by atoms with Gasteiger partial charge < -0.3 is 5.11 Å². The van der Waals surface area contributed by atoms with Crippen LogP contribution in [-0.2, 0) is 15.0 Å². The van der Waals surface area contributed by atoms with Crippen LogP contribution in [0, 0.1) is 6.92 Å². The van der Waals surface area contributed by atoms with Gasteiger partial charge in [-0.3, -0.25) is 14.5 Å². The second-order valence-electron chi connectivity index (χ2n) is 9.87. The van der Waals surface area contributed by atoms with Crippen LogP contribution in [0.5, 0.6) is 0 Å². The summed E-state index contributed by atoms with van der Waals surface area (Å²) in [6.45, 7) is 8.40. The molecular formula is C29H26N2O3S. The van der Waals surface area contributed by atoms with E-state index in [2.05, 4.69) is 25.8 Å². The molecule has 0 aliphatic carbocycles. The summed E-state index contributed by atoms with van der Waals surface area (Å²) < 4.78 is 0.937. The minimum Gasteiger partial charge on any atom is -0.507 e.